The van der Waals surface area contributed by atoms with Gasteiger partial charge >= 0.3 is 0 Å². The van der Waals surface area contributed by atoms with Crippen molar-refractivity contribution in [2.45, 2.75) is 20.8 Å². The molecule has 4 heteroatoms. The Kier molecular flexibility index (Phi) is 6.16. The molecule has 1 aromatic rings. The van der Waals surface area contributed by atoms with Gasteiger partial charge in [-0.15, -0.1) is 0 Å². The van der Waals surface area contributed by atoms with Crippen LogP contribution in [0.15, 0.2) is 18.2 Å². The minimum Gasteiger partial charge on any atom is -0.351 e. The van der Waals surface area contributed by atoms with Gasteiger partial charge in [-0.1, -0.05) is 31.5 Å². The van der Waals surface area contributed by atoms with E-state index in [0.717, 1.165) is 25.2 Å². The molecule has 18 heavy (non-hydrogen) atoms. The molecule has 0 spiro atoms. The van der Waals surface area contributed by atoms with Crippen LogP contribution in [0.4, 0.5) is 0 Å². The number of hydrogen-bond acceptors (Lipinski definition) is 2. The van der Waals surface area contributed by atoms with Crippen LogP contribution in [0.3, 0.4) is 0 Å². The minimum absolute atomic E-state index is 0.0536. The van der Waals surface area contributed by atoms with Crippen LogP contribution in [-0.2, 0) is 0 Å². The van der Waals surface area contributed by atoms with Crippen molar-refractivity contribution in [3.8, 4) is 0 Å². The highest BCUT2D eigenvalue weighted by atomic mass is 35.5. The number of carbonyl (C=O) groups is 1. The predicted octanol–water partition coefficient (Wildman–Crippen LogP) is 2.72. The minimum atomic E-state index is -0.0536. The van der Waals surface area contributed by atoms with Gasteiger partial charge in [-0.2, -0.15) is 0 Å². The van der Waals surface area contributed by atoms with Crippen LogP contribution in [-0.4, -0.2) is 37.0 Å². The largest absolute Gasteiger partial charge is 0.351 e. The van der Waals surface area contributed by atoms with Gasteiger partial charge in [0.05, 0.1) is 0 Å². The number of amides is 1. The second-order valence-corrected chi connectivity index (χ2v) is 4.60. The van der Waals surface area contributed by atoms with E-state index in [1.165, 1.54) is 0 Å². The summed E-state index contributed by atoms with van der Waals surface area (Å²) in [4.78, 5) is 14.3. The van der Waals surface area contributed by atoms with Crippen molar-refractivity contribution < 1.29 is 4.79 Å². The van der Waals surface area contributed by atoms with E-state index < -0.39 is 0 Å². The fourth-order valence-corrected chi connectivity index (χ4v) is 1.99. The standard InChI is InChI=1S/C14H21ClN2O/c1-4-17(5-2)10-9-16-14(18)12-7-6-8-13(15)11(12)3/h6-8H,4-5,9-10H2,1-3H3,(H,16,18). The van der Waals surface area contributed by atoms with E-state index >= 15 is 0 Å². The van der Waals surface area contributed by atoms with Gasteiger partial charge in [-0.3, -0.25) is 4.79 Å². The lowest BCUT2D eigenvalue weighted by molar-refractivity contribution is 0.0948. The molecule has 0 fully saturated rings. The zero-order chi connectivity index (χ0) is 13.5. The summed E-state index contributed by atoms with van der Waals surface area (Å²) in [6.45, 7) is 9.64. The molecule has 0 unspecified atom stereocenters. The van der Waals surface area contributed by atoms with Gasteiger partial charge in [0.2, 0.25) is 0 Å². The van der Waals surface area contributed by atoms with Crippen LogP contribution in [0.5, 0.6) is 0 Å². The van der Waals surface area contributed by atoms with Gasteiger partial charge in [0.1, 0.15) is 0 Å². The van der Waals surface area contributed by atoms with E-state index in [1.807, 2.05) is 6.92 Å². The van der Waals surface area contributed by atoms with Crippen molar-refractivity contribution in [2.75, 3.05) is 26.2 Å². The maximum Gasteiger partial charge on any atom is 0.251 e. The number of nitrogens with zero attached hydrogens (tertiary/aromatic N) is 1. The van der Waals surface area contributed by atoms with Crippen molar-refractivity contribution >= 4 is 17.5 Å². The Labute approximate surface area is 114 Å². The molecular formula is C14H21ClN2O. The zero-order valence-electron chi connectivity index (χ0n) is 11.3. The van der Waals surface area contributed by atoms with Crippen LogP contribution in [0, 0.1) is 6.92 Å². The second kappa shape index (κ2) is 7.39. The Balaban J connectivity index is 2.53. The third-order valence-corrected chi connectivity index (χ3v) is 3.53. The Morgan fingerprint density at radius 3 is 2.61 bits per heavy atom. The summed E-state index contributed by atoms with van der Waals surface area (Å²) in [6.07, 6.45) is 0. The molecule has 0 atom stereocenters. The van der Waals surface area contributed by atoms with Crippen molar-refractivity contribution in [1.82, 2.24) is 10.2 Å². The molecule has 0 radical (unpaired) electrons. The predicted molar refractivity (Wildman–Crippen MR) is 76.3 cm³/mol. The molecule has 1 rings (SSSR count). The summed E-state index contributed by atoms with van der Waals surface area (Å²) in [5, 5.41) is 3.56. The monoisotopic (exact) mass is 268 g/mol. The summed E-state index contributed by atoms with van der Waals surface area (Å²) >= 11 is 6.00. The topological polar surface area (TPSA) is 32.3 Å². The molecule has 0 aliphatic rings. The fraction of sp³-hybridized carbons (Fsp3) is 0.500. The second-order valence-electron chi connectivity index (χ2n) is 4.20. The van der Waals surface area contributed by atoms with E-state index in [0.29, 0.717) is 17.1 Å². The maximum atomic E-state index is 12.0. The van der Waals surface area contributed by atoms with Gasteiger partial charge in [-0.05, 0) is 37.7 Å². The van der Waals surface area contributed by atoms with Crippen molar-refractivity contribution in [3.05, 3.63) is 34.3 Å². The highest BCUT2D eigenvalue weighted by molar-refractivity contribution is 6.31. The normalized spacial score (nSPS) is 10.7. The smallest absolute Gasteiger partial charge is 0.251 e. The molecule has 3 nitrogen and oxygen atoms in total. The Hall–Kier alpha value is -1.06. The van der Waals surface area contributed by atoms with Gasteiger partial charge in [-0.25, -0.2) is 0 Å². The lowest BCUT2D eigenvalue weighted by Gasteiger charge is -2.18. The average molecular weight is 269 g/mol. The number of rotatable bonds is 6. The van der Waals surface area contributed by atoms with E-state index in [2.05, 4.69) is 24.1 Å². The lowest BCUT2D eigenvalue weighted by Crippen LogP contribution is -2.35. The van der Waals surface area contributed by atoms with Crippen molar-refractivity contribution in [1.29, 1.82) is 0 Å². The SMILES string of the molecule is CCN(CC)CCNC(=O)c1cccc(Cl)c1C. The highest BCUT2D eigenvalue weighted by Crippen LogP contribution is 2.18. The van der Waals surface area contributed by atoms with Crippen molar-refractivity contribution in [3.63, 3.8) is 0 Å². The first kappa shape index (κ1) is 15.0. The molecule has 0 aliphatic carbocycles. The van der Waals surface area contributed by atoms with Crippen LogP contribution < -0.4 is 5.32 Å². The van der Waals surface area contributed by atoms with Crippen LogP contribution in [0.1, 0.15) is 29.8 Å². The molecule has 0 saturated heterocycles. The summed E-state index contributed by atoms with van der Waals surface area (Å²) in [6, 6.07) is 5.40. The Bertz CT molecular complexity index is 403. The number of benzene rings is 1. The van der Waals surface area contributed by atoms with Crippen molar-refractivity contribution in [2.24, 2.45) is 0 Å². The van der Waals surface area contributed by atoms with E-state index in [-0.39, 0.29) is 5.91 Å². The fourth-order valence-electron chi connectivity index (χ4n) is 1.82. The maximum absolute atomic E-state index is 12.0. The molecule has 0 aromatic heterocycles. The first-order valence-corrected chi connectivity index (χ1v) is 6.73. The van der Waals surface area contributed by atoms with Crippen LogP contribution in [0.2, 0.25) is 5.02 Å². The number of carbonyl (C=O) groups excluding carboxylic acids is 1. The first-order valence-electron chi connectivity index (χ1n) is 6.35. The summed E-state index contributed by atoms with van der Waals surface area (Å²) in [7, 11) is 0. The number of hydrogen-bond donors (Lipinski definition) is 1. The number of nitrogens with one attached hydrogen (secondary N) is 1. The third kappa shape index (κ3) is 4.00. The molecule has 0 saturated carbocycles. The first-order chi connectivity index (χ1) is 8.60. The lowest BCUT2D eigenvalue weighted by atomic mass is 10.1. The third-order valence-electron chi connectivity index (χ3n) is 3.12. The average Bonchev–Trinajstić information content (AvgIpc) is 2.37. The van der Waals surface area contributed by atoms with Gasteiger partial charge in [0.25, 0.3) is 5.91 Å². The van der Waals surface area contributed by atoms with Crippen LogP contribution >= 0.6 is 11.6 Å². The molecular weight excluding hydrogens is 248 g/mol. The number of halogens is 1. The molecule has 1 amide bonds. The van der Waals surface area contributed by atoms with E-state index in [9.17, 15) is 4.79 Å². The quantitative estimate of drug-likeness (QED) is 0.860. The molecule has 0 bridgehead atoms. The van der Waals surface area contributed by atoms with Gasteiger partial charge in [0, 0.05) is 23.7 Å². The van der Waals surface area contributed by atoms with E-state index in [4.69, 9.17) is 11.6 Å². The van der Waals surface area contributed by atoms with E-state index in [1.54, 1.807) is 18.2 Å². The molecule has 100 valence electrons. The van der Waals surface area contributed by atoms with Gasteiger partial charge < -0.3 is 10.2 Å². The molecule has 0 aliphatic heterocycles. The summed E-state index contributed by atoms with van der Waals surface area (Å²) in [5.41, 5.74) is 1.49. The molecule has 0 heterocycles. The Morgan fingerprint density at radius 1 is 1.33 bits per heavy atom. The summed E-state index contributed by atoms with van der Waals surface area (Å²) in [5.74, 6) is -0.0536. The zero-order valence-corrected chi connectivity index (χ0v) is 12.0. The number of likely N-dealkylation sites (N-methyl/N-ethyl adjacent to an activating group) is 1. The molecule has 1 aromatic carbocycles. The summed E-state index contributed by atoms with van der Waals surface area (Å²) < 4.78 is 0. The Morgan fingerprint density at radius 2 is 2.00 bits per heavy atom. The van der Waals surface area contributed by atoms with Gasteiger partial charge in [0.15, 0.2) is 0 Å². The molecule has 1 N–H and O–H groups in total. The highest BCUT2D eigenvalue weighted by Gasteiger charge is 2.10. The van der Waals surface area contributed by atoms with Crippen LogP contribution in [0.25, 0.3) is 0 Å².